The van der Waals surface area contributed by atoms with E-state index in [0.717, 1.165) is 6.42 Å². The predicted octanol–water partition coefficient (Wildman–Crippen LogP) is 0.738. The first-order chi connectivity index (χ1) is 9.54. The number of hydrogen-bond donors (Lipinski definition) is 1. The summed E-state index contributed by atoms with van der Waals surface area (Å²) in [6.07, 6.45) is 2.42. The van der Waals surface area contributed by atoms with Gasteiger partial charge in [0.05, 0.1) is 12.2 Å². The third-order valence-corrected chi connectivity index (χ3v) is 3.87. The van der Waals surface area contributed by atoms with Crippen LogP contribution in [-0.2, 0) is 16.1 Å². The molecule has 1 aliphatic rings. The molecule has 0 bridgehead atoms. The van der Waals surface area contributed by atoms with E-state index in [2.05, 4.69) is 15.5 Å². The van der Waals surface area contributed by atoms with Gasteiger partial charge in [0.15, 0.2) is 0 Å². The molecule has 1 aromatic heterocycles. The number of nitrogens with one attached hydrogen (secondary N) is 1. The van der Waals surface area contributed by atoms with Crippen LogP contribution in [0.15, 0.2) is 18.3 Å². The normalized spacial score (nSPS) is 24.4. The van der Waals surface area contributed by atoms with E-state index in [-0.39, 0.29) is 17.7 Å². The molecule has 20 heavy (non-hydrogen) atoms. The maximum Gasteiger partial charge on any atom is 0.246 e. The second kappa shape index (κ2) is 5.98. The van der Waals surface area contributed by atoms with Crippen LogP contribution < -0.4 is 5.32 Å². The van der Waals surface area contributed by atoms with E-state index < -0.39 is 12.1 Å². The fourth-order valence-corrected chi connectivity index (χ4v) is 2.28. The number of nitrogens with zero attached hydrogens (tertiary/aromatic N) is 3. The molecule has 108 valence electrons. The summed E-state index contributed by atoms with van der Waals surface area (Å²) in [6.45, 7) is 6.03. The van der Waals surface area contributed by atoms with Gasteiger partial charge in [-0.1, -0.05) is 20.3 Å². The van der Waals surface area contributed by atoms with Crippen molar-refractivity contribution in [2.45, 2.75) is 45.8 Å². The molecule has 2 rings (SSSR count). The fourth-order valence-electron chi connectivity index (χ4n) is 2.28. The van der Waals surface area contributed by atoms with Gasteiger partial charge in [-0.05, 0) is 25.0 Å². The zero-order valence-corrected chi connectivity index (χ0v) is 12.0. The molecule has 0 aromatic carbocycles. The van der Waals surface area contributed by atoms with Gasteiger partial charge < -0.3 is 10.2 Å². The maximum atomic E-state index is 12.5. The monoisotopic (exact) mass is 276 g/mol. The Morgan fingerprint density at radius 1 is 1.45 bits per heavy atom. The van der Waals surface area contributed by atoms with Gasteiger partial charge in [0.25, 0.3) is 0 Å². The maximum absolute atomic E-state index is 12.5. The van der Waals surface area contributed by atoms with E-state index in [1.165, 1.54) is 0 Å². The highest BCUT2D eigenvalue weighted by Gasteiger charge is 2.40. The van der Waals surface area contributed by atoms with Crippen molar-refractivity contribution in [3.63, 3.8) is 0 Å². The number of piperazine rings is 1. The molecule has 2 heterocycles. The van der Waals surface area contributed by atoms with Crippen molar-refractivity contribution in [1.29, 1.82) is 0 Å². The van der Waals surface area contributed by atoms with Crippen molar-refractivity contribution in [2.75, 3.05) is 0 Å². The van der Waals surface area contributed by atoms with Crippen LogP contribution in [0.25, 0.3) is 0 Å². The Balaban J connectivity index is 2.20. The Bertz CT molecular complexity index is 491. The summed E-state index contributed by atoms with van der Waals surface area (Å²) in [7, 11) is 0. The van der Waals surface area contributed by atoms with Gasteiger partial charge in [-0.15, -0.1) is 0 Å². The summed E-state index contributed by atoms with van der Waals surface area (Å²) in [5, 5.41) is 10.6. The topological polar surface area (TPSA) is 75.2 Å². The van der Waals surface area contributed by atoms with Crippen LogP contribution in [0.3, 0.4) is 0 Å². The quantitative estimate of drug-likeness (QED) is 0.880. The summed E-state index contributed by atoms with van der Waals surface area (Å²) in [6, 6.07) is 2.65. The Morgan fingerprint density at radius 2 is 2.20 bits per heavy atom. The molecule has 0 radical (unpaired) electrons. The van der Waals surface area contributed by atoms with Crippen LogP contribution in [0.4, 0.5) is 0 Å². The summed E-state index contributed by atoms with van der Waals surface area (Å²) in [5.74, 6) is -0.0424. The van der Waals surface area contributed by atoms with Gasteiger partial charge in [-0.3, -0.25) is 9.59 Å². The number of amides is 2. The first-order valence-corrected chi connectivity index (χ1v) is 6.92. The van der Waals surface area contributed by atoms with Crippen LogP contribution in [0.5, 0.6) is 0 Å². The van der Waals surface area contributed by atoms with E-state index in [1.54, 1.807) is 30.2 Å². The SMILES string of the molecule is CCC(C)C1NC(=O)C(C)N(Cc2cccnn2)C1=O. The highest BCUT2D eigenvalue weighted by atomic mass is 16.2. The summed E-state index contributed by atoms with van der Waals surface area (Å²) < 4.78 is 0. The van der Waals surface area contributed by atoms with E-state index in [4.69, 9.17) is 0 Å². The second-order valence-corrected chi connectivity index (χ2v) is 5.23. The highest BCUT2D eigenvalue weighted by molar-refractivity contribution is 5.96. The second-order valence-electron chi connectivity index (χ2n) is 5.23. The Hall–Kier alpha value is -1.98. The van der Waals surface area contributed by atoms with Crippen molar-refractivity contribution >= 4 is 11.8 Å². The largest absolute Gasteiger partial charge is 0.342 e. The van der Waals surface area contributed by atoms with E-state index in [1.807, 2.05) is 13.8 Å². The lowest BCUT2D eigenvalue weighted by molar-refractivity contribution is -0.150. The van der Waals surface area contributed by atoms with Gasteiger partial charge in [-0.2, -0.15) is 10.2 Å². The summed E-state index contributed by atoms with van der Waals surface area (Å²) in [5.41, 5.74) is 0.685. The Morgan fingerprint density at radius 3 is 2.80 bits per heavy atom. The number of hydrogen-bond acceptors (Lipinski definition) is 4. The molecule has 0 saturated carbocycles. The molecular weight excluding hydrogens is 256 g/mol. The van der Waals surface area contributed by atoms with E-state index in [9.17, 15) is 9.59 Å². The minimum Gasteiger partial charge on any atom is -0.342 e. The van der Waals surface area contributed by atoms with Gasteiger partial charge in [0.2, 0.25) is 11.8 Å². The molecule has 1 saturated heterocycles. The molecular formula is C14H20N4O2. The number of rotatable bonds is 4. The molecule has 0 spiro atoms. The molecule has 1 fully saturated rings. The fraction of sp³-hybridized carbons (Fsp3) is 0.571. The van der Waals surface area contributed by atoms with Gasteiger partial charge in [-0.25, -0.2) is 0 Å². The van der Waals surface area contributed by atoms with E-state index in [0.29, 0.717) is 12.2 Å². The number of carbonyl (C=O) groups is 2. The lowest BCUT2D eigenvalue weighted by Crippen LogP contribution is -2.63. The molecule has 1 N–H and O–H groups in total. The van der Waals surface area contributed by atoms with Crippen LogP contribution in [0, 0.1) is 5.92 Å². The summed E-state index contributed by atoms with van der Waals surface area (Å²) in [4.78, 5) is 26.2. The smallest absolute Gasteiger partial charge is 0.246 e. The zero-order valence-electron chi connectivity index (χ0n) is 12.0. The third kappa shape index (κ3) is 2.79. The third-order valence-electron chi connectivity index (χ3n) is 3.87. The van der Waals surface area contributed by atoms with Gasteiger partial charge >= 0.3 is 0 Å². The lowest BCUT2D eigenvalue weighted by atomic mass is 9.94. The molecule has 6 heteroatoms. The molecule has 6 nitrogen and oxygen atoms in total. The first kappa shape index (κ1) is 14.4. The van der Waals surface area contributed by atoms with Crippen LogP contribution in [0.2, 0.25) is 0 Å². The van der Waals surface area contributed by atoms with Gasteiger partial charge in [0, 0.05) is 6.20 Å². The molecule has 1 aliphatic heterocycles. The number of carbonyl (C=O) groups excluding carboxylic acids is 2. The zero-order chi connectivity index (χ0) is 14.7. The number of aromatic nitrogens is 2. The van der Waals surface area contributed by atoms with Crippen molar-refractivity contribution in [2.24, 2.45) is 5.92 Å². The lowest BCUT2D eigenvalue weighted by Gasteiger charge is -2.39. The molecule has 3 unspecified atom stereocenters. The standard InChI is InChI=1S/C14H20N4O2/c1-4-9(2)12-14(20)18(10(3)13(19)16-12)8-11-6-5-7-15-17-11/h5-7,9-10,12H,4,8H2,1-3H3,(H,16,19). The predicted molar refractivity (Wildman–Crippen MR) is 73.4 cm³/mol. The van der Waals surface area contributed by atoms with Crippen LogP contribution >= 0.6 is 0 Å². The molecule has 3 atom stereocenters. The minimum absolute atomic E-state index is 0.0443. The van der Waals surface area contributed by atoms with Crippen molar-refractivity contribution in [1.82, 2.24) is 20.4 Å². The van der Waals surface area contributed by atoms with Crippen molar-refractivity contribution in [3.8, 4) is 0 Å². The Kier molecular flexibility index (Phi) is 4.32. The highest BCUT2D eigenvalue weighted by Crippen LogP contribution is 2.19. The van der Waals surface area contributed by atoms with Crippen molar-refractivity contribution in [3.05, 3.63) is 24.0 Å². The molecule has 0 aliphatic carbocycles. The minimum atomic E-state index is -0.482. The van der Waals surface area contributed by atoms with Crippen LogP contribution in [0.1, 0.15) is 32.9 Å². The van der Waals surface area contributed by atoms with Crippen molar-refractivity contribution < 1.29 is 9.59 Å². The van der Waals surface area contributed by atoms with E-state index >= 15 is 0 Å². The van der Waals surface area contributed by atoms with Gasteiger partial charge in [0.1, 0.15) is 12.1 Å². The Labute approximate surface area is 118 Å². The first-order valence-electron chi connectivity index (χ1n) is 6.92. The van der Waals surface area contributed by atoms with Crippen LogP contribution in [-0.4, -0.2) is 39.0 Å². The average Bonchev–Trinajstić information content (AvgIpc) is 2.47. The average molecular weight is 276 g/mol. The molecule has 1 aromatic rings. The molecule has 2 amide bonds. The summed E-state index contributed by atoms with van der Waals surface area (Å²) >= 11 is 0.